The van der Waals surface area contributed by atoms with Crippen molar-refractivity contribution < 1.29 is 4.42 Å². The summed E-state index contributed by atoms with van der Waals surface area (Å²) in [6.45, 7) is 3.94. The van der Waals surface area contributed by atoms with Gasteiger partial charge < -0.3 is 9.40 Å². The molecule has 0 spiro atoms. The van der Waals surface area contributed by atoms with Crippen LogP contribution < -0.4 is 0 Å². The molecule has 0 aliphatic rings. The van der Waals surface area contributed by atoms with Crippen LogP contribution in [0.1, 0.15) is 11.3 Å². The minimum atomic E-state index is 0.341. The topological polar surface area (TPSA) is 84.9 Å². The summed E-state index contributed by atoms with van der Waals surface area (Å²) in [6, 6.07) is 9.80. The molecule has 3 aromatic heterocycles. The molecule has 4 rings (SSSR count). The number of aromatic amines is 1. The van der Waals surface area contributed by atoms with E-state index in [0.717, 1.165) is 16.9 Å². The molecule has 0 saturated carbocycles. The number of rotatable bonds is 2. The molecule has 0 aliphatic carbocycles. The van der Waals surface area contributed by atoms with Crippen molar-refractivity contribution in [1.82, 2.24) is 30.0 Å². The third-order valence-electron chi connectivity index (χ3n) is 3.18. The Morgan fingerprint density at radius 2 is 1.76 bits per heavy atom. The molecule has 0 saturated heterocycles. The highest BCUT2D eigenvalue weighted by atomic mass is 16.4. The summed E-state index contributed by atoms with van der Waals surface area (Å²) in [4.78, 5) is 3.10. The van der Waals surface area contributed by atoms with Crippen molar-refractivity contribution in [2.24, 2.45) is 0 Å². The number of H-pyrrole nitrogens is 1. The quantitative estimate of drug-likeness (QED) is 0.609. The van der Waals surface area contributed by atoms with Gasteiger partial charge in [-0.1, -0.05) is 17.7 Å². The van der Waals surface area contributed by atoms with Gasteiger partial charge in [0.15, 0.2) is 5.65 Å². The SMILES string of the molecule is Cc1ccc(-c2nnc(-c3nn4nc(C)cc4[nH]3)o2)cc1. The third kappa shape index (κ3) is 1.99. The largest absolute Gasteiger partial charge is 0.413 e. The minimum Gasteiger partial charge on any atom is -0.413 e. The van der Waals surface area contributed by atoms with E-state index in [1.165, 1.54) is 10.2 Å². The Hall–Kier alpha value is -2.96. The molecule has 0 radical (unpaired) electrons. The summed E-state index contributed by atoms with van der Waals surface area (Å²) in [6.07, 6.45) is 0. The molecule has 0 amide bonds. The molecule has 1 aromatic carbocycles. The van der Waals surface area contributed by atoms with Crippen molar-refractivity contribution in [2.45, 2.75) is 13.8 Å². The maximum atomic E-state index is 5.67. The molecule has 7 heteroatoms. The fraction of sp³-hybridized carbons (Fsp3) is 0.143. The molecule has 0 fully saturated rings. The van der Waals surface area contributed by atoms with Gasteiger partial charge >= 0.3 is 0 Å². The van der Waals surface area contributed by atoms with Gasteiger partial charge in [0.05, 0.1) is 5.69 Å². The van der Waals surface area contributed by atoms with Gasteiger partial charge in [0, 0.05) is 11.6 Å². The smallest absolute Gasteiger partial charge is 0.285 e. The van der Waals surface area contributed by atoms with E-state index in [2.05, 4.69) is 25.4 Å². The molecular formula is C14H12N6O. The fourth-order valence-corrected chi connectivity index (χ4v) is 2.12. The molecule has 0 aliphatic heterocycles. The van der Waals surface area contributed by atoms with Crippen LogP contribution >= 0.6 is 0 Å². The molecule has 21 heavy (non-hydrogen) atoms. The molecule has 0 bridgehead atoms. The number of nitrogens with zero attached hydrogens (tertiary/aromatic N) is 5. The summed E-state index contributed by atoms with van der Waals surface area (Å²) in [5, 5.41) is 16.6. The van der Waals surface area contributed by atoms with Gasteiger partial charge in [-0.2, -0.15) is 5.10 Å². The molecule has 4 aromatic rings. The normalized spacial score (nSPS) is 11.3. The monoisotopic (exact) mass is 280 g/mol. The van der Waals surface area contributed by atoms with E-state index in [0.29, 0.717) is 17.6 Å². The van der Waals surface area contributed by atoms with E-state index in [4.69, 9.17) is 4.42 Å². The second-order valence-electron chi connectivity index (χ2n) is 4.91. The molecule has 3 heterocycles. The summed E-state index contributed by atoms with van der Waals surface area (Å²) in [5.41, 5.74) is 3.75. The zero-order valence-electron chi connectivity index (χ0n) is 11.5. The Kier molecular flexibility index (Phi) is 2.41. The average molecular weight is 280 g/mol. The minimum absolute atomic E-state index is 0.341. The molecule has 0 unspecified atom stereocenters. The van der Waals surface area contributed by atoms with E-state index in [1.54, 1.807) is 0 Å². The second-order valence-corrected chi connectivity index (χ2v) is 4.91. The van der Waals surface area contributed by atoms with Crippen molar-refractivity contribution in [1.29, 1.82) is 0 Å². The van der Waals surface area contributed by atoms with Crippen LogP contribution in [-0.2, 0) is 0 Å². The predicted molar refractivity (Wildman–Crippen MR) is 75.5 cm³/mol. The number of nitrogens with one attached hydrogen (secondary N) is 1. The lowest BCUT2D eigenvalue weighted by Crippen LogP contribution is -1.88. The van der Waals surface area contributed by atoms with Crippen LogP contribution in [0.3, 0.4) is 0 Å². The highest BCUT2D eigenvalue weighted by molar-refractivity contribution is 5.56. The van der Waals surface area contributed by atoms with Crippen LogP contribution in [0, 0.1) is 13.8 Å². The number of benzene rings is 1. The highest BCUT2D eigenvalue weighted by Crippen LogP contribution is 2.22. The fourth-order valence-electron chi connectivity index (χ4n) is 2.12. The van der Waals surface area contributed by atoms with E-state index >= 15 is 0 Å². The summed E-state index contributed by atoms with van der Waals surface area (Å²) in [5.74, 6) is 1.31. The van der Waals surface area contributed by atoms with E-state index in [-0.39, 0.29) is 0 Å². The Morgan fingerprint density at radius 3 is 2.52 bits per heavy atom. The van der Waals surface area contributed by atoms with Crippen molar-refractivity contribution in [2.75, 3.05) is 0 Å². The second kappa shape index (κ2) is 4.27. The van der Waals surface area contributed by atoms with Crippen LogP contribution in [-0.4, -0.2) is 30.0 Å². The highest BCUT2D eigenvalue weighted by Gasteiger charge is 2.15. The van der Waals surface area contributed by atoms with Crippen molar-refractivity contribution >= 4 is 5.65 Å². The average Bonchev–Trinajstić information content (AvgIpc) is 3.12. The molecule has 7 nitrogen and oxygen atoms in total. The van der Waals surface area contributed by atoms with Crippen molar-refractivity contribution in [3.63, 3.8) is 0 Å². The lowest BCUT2D eigenvalue weighted by atomic mass is 10.1. The molecular weight excluding hydrogens is 268 g/mol. The maximum absolute atomic E-state index is 5.67. The zero-order chi connectivity index (χ0) is 14.4. The Bertz CT molecular complexity index is 883. The first-order chi connectivity index (χ1) is 10.2. The van der Waals surface area contributed by atoms with Gasteiger partial charge in [0.1, 0.15) is 0 Å². The number of fused-ring (bicyclic) bond motifs is 1. The van der Waals surface area contributed by atoms with Crippen LogP contribution in [0.25, 0.3) is 28.8 Å². The first-order valence-corrected chi connectivity index (χ1v) is 6.52. The predicted octanol–water partition coefficient (Wildman–Crippen LogP) is 2.39. The lowest BCUT2D eigenvalue weighted by Gasteiger charge is -1.94. The van der Waals surface area contributed by atoms with E-state index in [9.17, 15) is 0 Å². The Balaban J connectivity index is 1.72. The number of hydrogen-bond acceptors (Lipinski definition) is 5. The van der Waals surface area contributed by atoms with Gasteiger partial charge in [-0.15, -0.1) is 19.9 Å². The zero-order valence-corrected chi connectivity index (χ0v) is 11.5. The van der Waals surface area contributed by atoms with Crippen molar-refractivity contribution in [3.05, 3.63) is 41.6 Å². The Morgan fingerprint density at radius 1 is 1.00 bits per heavy atom. The summed E-state index contributed by atoms with van der Waals surface area (Å²) < 4.78 is 7.18. The Labute approximate surface area is 119 Å². The standard InChI is InChI=1S/C14H12N6O/c1-8-3-5-10(6-4-8)13-16-17-14(21-13)12-15-11-7-9(2)18-20(11)19-12/h3-7H,1-2H3,(H,15,19). The lowest BCUT2D eigenvalue weighted by molar-refractivity contribution is 0.578. The van der Waals surface area contributed by atoms with Gasteiger partial charge in [-0.3, -0.25) is 0 Å². The van der Waals surface area contributed by atoms with Gasteiger partial charge in [0.2, 0.25) is 11.7 Å². The van der Waals surface area contributed by atoms with Crippen LogP contribution in [0.5, 0.6) is 0 Å². The molecule has 0 atom stereocenters. The molecule has 1 N–H and O–H groups in total. The van der Waals surface area contributed by atoms with Crippen LogP contribution in [0.2, 0.25) is 0 Å². The molecule has 104 valence electrons. The van der Waals surface area contributed by atoms with Crippen molar-refractivity contribution in [3.8, 4) is 23.2 Å². The summed E-state index contributed by atoms with van der Waals surface area (Å²) >= 11 is 0. The first kappa shape index (κ1) is 11.8. The van der Waals surface area contributed by atoms with Gasteiger partial charge in [0.25, 0.3) is 5.89 Å². The number of aryl methyl sites for hydroxylation is 2. The third-order valence-corrected chi connectivity index (χ3v) is 3.18. The van der Waals surface area contributed by atoms with Crippen LogP contribution in [0.15, 0.2) is 34.7 Å². The van der Waals surface area contributed by atoms with E-state index < -0.39 is 0 Å². The van der Waals surface area contributed by atoms with Crippen LogP contribution in [0.4, 0.5) is 0 Å². The maximum Gasteiger partial charge on any atom is 0.285 e. The summed E-state index contributed by atoms with van der Waals surface area (Å²) in [7, 11) is 0. The van der Waals surface area contributed by atoms with Gasteiger partial charge in [-0.25, -0.2) is 0 Å². The number of hydrogen-bond donors (Lipinski definition) is 1. The first-order valence-electron chi connectivity index (χ1n) is 6.52. The van der Waals surface area contributed by atoms with E-state index in [1.807, 2.05) is 44.2 Å². The van der Waals surface area contributed by atoms with Gasteiger partial charge in [-0.05, 0) is 26.0 Å². The number of aromatic nitrogens is 6.